The third kappa shape index (κ3) is 11.1. The standard InChI is InChI=1S/C33H43NO6/c1-25(36)40-31-15-12-27(13-16-31)28-11-8-10-26(21-28)9-4-7-20-39-19-6-3-2-5-18-34-23-33(38)29-14-17-32(37)30(22-29)24-35/h8,10-17,21-22,33-35,37-38H,2-7,9,18-20,23-24H2,1H3/t33-/m0/s1. The lowest BCUT2D eigenvalue weighted by Gasteiger charge is -2.14. The van der Waals surface area contributed by atoms with Crippen molar-refractivity contribution in [2.75, 3.05) is 26.3 Å². The summed E-state index contributed by atoms with van der Waals surface area (Å²) in [5, 5.41) is 32.4. The van der Waals surface area contributed by atoms with Crippen LogP contribution in [0.3, 0.4) is 0 Å². The van der Waals surface area contributed by atoms with Gasteiger partial charge in [0.2, 0.25) is 0 Å². The average Bonchev–Trinajstić information content (AvgIpc) is 2.96. The number of esters is 1. The Kier molecular flexibility index (Phi) is 13.7. The van der Waals surface area contributed by atoms with E-state index >= 15 is 0 Å². The summed E-state index contributed by atoms with van der Waals surface area (Å²) >= 11 is 0. The van der Waals surface area contributed by atoms with E-state index in [0.29, 0.717) is 23.4 Å². The van der Waals surface area contributed by atoms with E-state index in [-0.39, 0.29) is 18.3 Å². The number of hydrogen-bond acceptors (Lipinski definition) is 7. The molecule has 7 nitrogen and oxygen atoms in total. The summed E-state index contributed by atoms with van der Waals surface area (Å²) in [6, 6.07) is 21.0. The average molecular weight is 550 g/mol. The molecule has 0 saturated heterocycles. The third-order valence-corrected chi connectivity index (χ3v) is 6.77. The number of carbonyl (C=O) groups excluding carboxylic acids is 1. The molecule has 0 bridgehead atoms. The van der Waals surface area contributed by atoms with Crippen molar-refractivity contribution in [3.8, 4) is 22.6 Å². The van der Waals surface area contributed by atoms with Gasteiger partial charge in [0.15, 0.2) is 0 Å². The molecule has 0 aromatic heterocycles. The number of aromatic hydroxyl groups is 1. The van der Waals surface area contributed by atoms with Gasteiger partial charge < -0.3 is 30.1 Å². The second kappa shape index (κ2) is 17.5. The van der Waals surface area contributed by atoms with Crippen LogP contribution in [0.15, 0.2) is 66.7 Å². The van der Waals surface area contributed by atoms with Gasteiger partial charge in [-0.15, -0.1) is 0 Å². The summed E-state index contributed by atoms with van der Waals surface area (Å²) in [6.07, 6.45) is 6.79. The van der Waals surface area contributed by atoms with Crippen LogP contribution in [-0.4, -0.2) is 47.6 Å². The molecule has 40 heavy (non-hydrogen) atoms. The smallest absolute Gasteiger partial charge is 0.308 e. The Hall–Kier alpha value is -3.23. The molecular formula is C33H43NO6. The fourth-order valence-corrected chi connectivity index (χ4v) is 4.53. The Bertz CT molecular complexity index is 1160. The summed E-state index contributed by atoms with van der Waals surface area (Å²) in [5.41, 5.74) is 4.67. The second-order valence-electron chi connectivity index (χ2n) is 10.1. The van der Waals surface area contributed by atoms with Crippen LogP contribution in [0.25, 0.3) is 11.1 Å². The van der Waals surface area contributed by atoms with E-state index in [4.69, 9.17) is 9.47 Å². The number of aryl methyl sites for hydroxylation is 1. The fourth-order valence-electron chi connectivity index (χ4n) is 4.53. The molecule has 4 N–H and O–H groups in total. The van der Waals surface area contributed by atoms with E-state index in [9.17, 15) is 20.1 Å². The lowest BCUT2D eigenvalue weighted by Crippen LogP contribution is -2.22. The van der Waals surface area contributed by atoms with Gasteiger partial charge in [0.05, 0.1) is 12.7 Å². The summed E-state index contributed by atoms with van der Waals surface area (Å²) < 4.78 is 10.9. The van der Waals surface area contributed by atoms with Crippen LogP contribution in [0.5, 0.6) is 11.5 Å². The molecule has 1 atom stereocenters. The minimum atomic E-state index is -0.671. The first-order valence-corrected chi connectivity index (χ1v) is 14.2. The highest BCUT2D eigenvalue weighted by Crippen LogP contribution is 2.24. The highest BCUT2D eigenvalue weighted by Gasteiger charge is 2.10. The Morgan fingerprint density at radius 3 is 2.38 bits per heavy atom. The van der Waals surface area contributed by atoms with Crippen LogP contribution in [0, 0.1) is 0 Å². The summed E-state index contributed by atoms with van der Waals surface area (Å²) in [6.45, 7) is 4.00. The highest BCUT2D eigenvalue weighted by atomic mass is 16.5. The Labute approximate surface area is 237 Å². The lowest BCUT2D eigenvalue weighted by atomic mass is 10.0. The summed E-state index contributed by atoms with van der Waals surface area (Å²) in [5.74, 6) is 0.283. The van der Waals surface area contributed by atoms with E-state index in [1.165, 1.54) is 18.6 Å². The van der Waals surface area contributed by atoms with Gasteiger partial charge in [-0.25, -0.2) is 0 Å². The second-order valence-corrected chi connectivity index (χ2v) is 10.1. The van der Waals surface area contributed by atoms with Gasteiger partial charge in [-0.05, 0) is 85.2 Å². The first kappa shape index (κ1) is 31.3. The monoisotopic (exact) mass is 549 g/mol. The maximum Gasteiger partial charge on any atom is 0.308 e. The largest absolute Gasteiger partial charge is 0.508 e. The molecule has 0 heterocycles. The number of hydrogen-bond donors (Lipinski definition) is 4. The normalized spacial score (nSPS) is 11.9. The topological polar surface area (TPSA) is 108 Å². The van der Waals surface area contributed by atoms with E-state index in [1.807, 2.05) is 24.3 Å². The van der Waals surface area contributed by atoms with Crippen LogP contribution in [0.2, 0.25) is 0 Å². The van der Waals surface area contributed by atoms with Crippen molar-refractivity contribution in [3.05, 3.63) is 83.4 Å². The predicted molar refractivity (Wildman–Crippen MR) is 157 cm³/mol. The van der Waals surface area contributed by atoms with Gasteiger partial charge in [-0.1, -0.05) is 55.3 Å². The van der Waals surface area contributed by atoms with Crippen molar-refractivity contribution in [3.63, 3.8) is 0 Å². The number of unbranched alkanes of at least 4 members (excludes halogenated alkanes) is 4. The zero-order valence-electron chi connectivity index (χ0n) is 23.5. The Balaban J connectivity index is 1.18. The molecule has 3 aromatic carbocycles. The van der Waals surface area contributed by atoms with E-state index in [0.717, 1.165) is 75.8 Å². The summed E-state index contributed by atoms with van der Waals surface area (Å²) in [7, 11) is 0. The maximum atomic E-state index is 11.1. The quantitative estimate of drug-likeness (QED) is 0.0916. The third-order valence-electron chi connectivity index (χ3n) is 6.77. The van der Waals surface area contributed by atoms with Crippen molar-refractivity contribution in [2.45, 2.75) is 64.6 Å². The zero-order chi connectivity index (χ0) is 28.6. The molecule has 0 aliphatic heterocycles. The summed E-state index contributed by atoms with van der Waals surface area (Å²) in [4.78, 5) is 11.1. The van der Waals surface area contributed by atoms with Gasteiger partial charge >= 0.3 is 5.97 Å². The highest BCUT2D eigenvalue weighted by molar-refractivity contribution is 5.70. The molecule has 0 fully saturated rings. The van der Waals surface area contributed by atoms with Crippen LogP contribution in [-0.2, 0) is 22.6 Å². The number of phenols is 1. The number of ether oxygens (including phenoxy) is 2. The molecular weight excluding hydrogens is 506 g/mol. The van der Waals surface area contributed by atoms with Gasteiger partial charge in [0.25, 0.3) is 0 Å². The van der Waals surface area contributed by atoms with Crippen molar-refractivity contribution < 1.29 is 29.6 Å². The SMILES string of the molecule is CC(=O)Oc1ccc(-c2cccc(CCCCOCCCCCCNC[C@H](O)c3ccc(O)c(CO)c3)c2)cc1. The van der Waals surface area contributed by atoms with Crippen molar-refractivity contribution in [1.82, 2.24) is 5.32 Å². The number of benzene rings is 3. The van der Waals surface area contributed by atoms with E-state index in [1.54, 1.807) is 12.1 Å². The molecule has 0 spiro atoms. The van der Waals surface area contributed by atoms with Crippen molar-refractivity contribution in [2.24, 2.45) is 0 Å². The van der Waals surface area contributed by atoms with Crippen molar-refractivity contribution >= 4 is 5.97 Å². The van der Waals surface area contributed by atoms with E-state index in [2.05, 4.69) is 29.6 Å². The van der Waals surface area contributed by atoms with E-state index < -0.39 is 6.10 Å². The molecule has 0 unspecified atom stereocenters. The number of rotatable bonds is 18. The lowest BCUT2D eigenvalue weighted by molar-refractivity contribution is -0.131. The molecule has 3 rings (SSSR count). The zero-order valence-corrected chi connectivity index (χ0v) is 23.5. The molecule has 216 valence electrons. The van der Waals surface area contributed by atoms with Gasteiger partial charge in [-0.3, -0.25) is 4.79 Å². The Morgan fingerprint density at radius 2 is 1.62 bits per heavy atom. The Morgan fingerprint density at radius 1 is 0.875 bits per heavy atom. The predicted octanol–water partition coefficient (Wildman–Crippen LogP) is 5.70. The maximum absolute atomic E-state index is 11.1. The van der Waals surface area contributed by atoms with Gasteiger partial charge in [0, 0.05) is 32.2 Å². The molecule has 7 heteroatoms. The fraction of sp³-hybridized carbons (Fsp3) is 0.424. The van der Waals surface area contributed by atoms with Crippen LogP contribution in [0.4, 0.5) is 0 Å². The number of carbonyl (C=O) groups is 1. The first-order valence-electron chi connectivity index (χ1n) is 14.2. The minimum absolute atomic E-state index is 0.0417. The van der Waals surface area contributed by atoms with Crippen LogP contribution >= 0.6 is 0 Å². The number of aliphatic hydroxyl groups is 2. The molecule has 0 radical (unpaired) electrons. The molecule has 0 amide bonds. The van der Waals surface area contributed by atoms with Crippen LogP contribution < -0.4 is 10.1 Å². The van der Waals surface area contributed by atoms with Crippen molar-refractivity contribution in [1.29, 1.82) is 0 Å². The number of aliphatic hydroxyl groups excluding tert-OH is 2. The molecule has 0 aliphatic carbocycles. The first-order chi connectivity index (χ1) is 19.5. The number of nitrogens with one attached hydrogen (secondary N) is 1. The minimum Gasteiger partial charge on any atom is -0.508 e. The molecule has 3 aromatic rings. The van der Waals surface area contributed by atoms with Gasteiger partial charge in [-0.2, -0.15) is 0 Å². The van der Waals surface area contributed by atoms with Gasteiger partial charge in [0.1, 0.15) is 11.5 Å². The molecule has 0 aliphatic rings. The van der Waals surface area contributed by atoms with Crippen LogP contribution in [0.1, 0.15) is 68.2 Å². The molecule has 0 saturated carbocycles.